The molecule has 7 heteroatoms. The molecule has 0 spiro atoms. The Morgan fingerprint density at radius 2 is 2.00 bits per heavy atom. The average molecular weight is 360 g/mol. The van der Waals surface area contributed by atoms with E-state index in [1.807, 2.05) is 36.4 Å². The molecule has 0 saturated heterocycles. The minimum Gasteiger partial charge on any atom is -0.411 e. The molecule has 0 aliphatic carbocycles. The first-order chi connectivity index (χ1) is 11.6. The fourth-order valence-electron chi connectivity index (χ4n) is 2.04. The molecule has 3 rings (SSSR count). The monoisotopic (exact) mass is 359 g/mol. The molecule has 122 valence electrons. The fraction of sp³-hybridized carbons (Fsp3) is 0.118. The molecule has 0 fully saturated rings. The Morgan fingerprint density at radius 1 is 1.21 bits per heavy atom. The van der Waals surface area contributed by atoms with Gasteiger partial charge in [-0.1, -0.05) is 41.6 Å². The van der Waals surface area contributed by atoms with E-state index in [-0.39, 0.29) is 5.91 Å². The third-order valence-corrected chi connectivity index (χ3v) is 4.25. The molecule has 0 radical (unpaired) electrons. The number of nitrogens with zero attached hydrogens (tertiary/aromatic N) is 2. The topological polar surface area (TPSA) is 68.0 Å². The first kappa shape index (κ1) is 16.5. The van der Waals surface area contributed by atoms with Crippen molar-refractivity contribution in [2.24, 2.45) is 0 Å². The van der Waals surface area contributed by atoms with Crippen LogP contribution in [0.1, 0.15) is 12.5 Å². The first-order valence-corrected chi connectivity index (χ1v) is 8.55. The van der Waals surface area contributed by atoms with E-state index in [1.165, 1.54) is 18.7 Å². The number of hydrogen-bond donors (Lipinski definition) is 1. The molecule has 24 heavy (non-hydrogen) atoms. The van der Waals surface area contributed by atoms with Crippen LogP contribution in [-0.2, 0) is 10.5 Å². The van der Waals surface area contributed by atoms with Gasteiger partial charge in [-0.2, -0.15) is 0 Å². The Bertz CT molecular complexity index is 849. The largest absolute Gasteiger partial charge is 0.411 e. The third-order valence-electron chi connectivity index (χ3n) is 3.11. The number of aromatic nitrogens is 2. The highest BCUT2D eigenvalue weighted by Crippen LogP contribution is 2.27. The van der Waals surface area contributed by atoms with Crippen LogP contribution in [-0.4, -0.2) is 16.1 Å². The lowest BCUT2D eigenvalue weighted by molar-refractivity contribution is -0.114. The normalized spacial score (nSPS) is 10.6. The maximum atomic E-state index is 11.1. The Labute approximate surface area is 148 Å². The number of nitrogens with one attached hydrogen (secondary N) is 1. The number of hydrogen-bond acceptors (Lipinski definition) is 5. The molecule has 0 atom stereocenters. The maximum absolute atomic E-state index is 11.1. The van der Waals surface area contributed by atoms with Crippen molar-refractivity contribution >= 4 is 35.0 Å². The number of carbonyl (C=O) groups excluding carboxylic acids is 1. The number of rotatable bonds is 5. The Balaban J connectivity index is 1.69. The Morgan fingerprint density at radius 3 is 2.75 bits per heavy atom. The van der Waals surface area contributed by atoms with E-state index in [1.54, 1.807) is 12.1 Å². The highest BCUT2D eigenvalue weighted by Gasteiger charge is 2.10. The van der Waals surface area contributed by atoms with Gasteiger partial charge in [0, 0.05) is 29.0 Å². The molecule has 5 nitrogen and oxygen atoms in total. The van der Waals surface area contributed by atoms with Crippen molar-refractivity contribution in [2.45, 2.75) is 17.9 Å². The summed E-state index contributed by atoms with van der Waals surface area (Å²) in [6.45, 7) is 1.46. The second kappa shape index (κ2) is 7.51. The van der Waals surface area contributed by atoms with Gasteiger partial charge in [0.05, 0.1) is 0 Å². The summed E-state index contributed by atoms with van der Waals surface area (Å²) >= 11 is 7.33. The molecule has 0 saturated carbocycles. The van der Waals surface area contributed by atoms with Crippen LogP contribution in [0.5, 0.6) is 0 Å². The van der Waals surface area contributed by atoms with Crippen LogP contribution in [0.3, 0.4) is 0 Å². The minimum atomic E-state index is -0.128. The SMILES string of the molecule is CC(=O)Nc1cccc(-c2nnc(SCc3ccc(Cl)cc3)o2)c1. The number of carbonyl (C=O) groups is 1. The standard InChI is InChI=1S/C17H14ClN3O2S/c1-11(22)19-15-4-2-3-13(9-15)16-20-21-17(23-16)24-10-12-5-7-14(18)8-6-12/h2-9H,10H2,1H3,(H,19,22). The molecular formula is C17H14ClN3O2S. The zero-order valence-corrected chi connectivity index (χ0v) is 14.4. The van der Waals surface area contributed by atoms with Crippen molar-refractivity contribution in [3.63, 3.8) is 0 Å². The third kappa shape index (κ3) is 4.37. The van der Waals surface area contributed by atoms with Crippen molar-refractivity contribution < 1.29 is 9.21 Å². The molecule has 1 N–H and O–H groups in total. The number of thioether (sulfide) groups is 1. The summed E-state index contributed by atoms with van der Waals surface area (Å²) in [5, 5.41) is 12.0. The van der Waals surface area contributed by atoms with Crippen molar-refractivity contribution in [3.8, 4) is 11.5 Å². The smallest absolute Gasteiger partial charge is 0.277 e. The van der Waals surface area contributed by atoms with Gasteiger partial charge in [0.15, 0.2) is 0 Å². The summed E-state index contributed by atoms with van der Waals surface area (Å²) in [4.78, 5) is 11.1. The van der Waals surface area contributed by atoms with Crippen LogP contribution in [0.2, 0.25) is 5.02 Å². The van der Waals surface area contributed by atoms with E-state index in [2.05, 4.69) is 15.5 Å². The number of anilines is 1. The van der Waals surface area contributed by atoms with Gasteiger partial charge in [-0.15, -0.1) is 10.2 Å². The summed E-state index contributed by atoms with van der Waals surface area (Å²) in [5.41, 5.74) is 2.57. The lowest BCUT2D eigenvalue weighted by Gasteiger charge is -2.02. The molecule has 0 aliphatic rings. The van der Waals surface area contributed by atoms with Gasteiger partial charge in [-0.25, -0.2) is 0 Å². The first-order valence-electron chi connectivity index (χ1n) is 7.19. The van der Waals surface area contributed by atoms with Crippen molar-refractivity contribution in [1.29, 1.82) is 0 Å². The molecule has 0 bridgehead atoms. The van der Waals surface area contributed by atoms with Crippen LogP contribution in [0, 0.1) is 0 Å². The van der Waals surface area contributed by atoms with Gasteiger partial charge in [0.25, 0.3) is 5.22 Å². The highest BCUT2D eigenvalue weighted by atomic mass is 35.5. The van der Waals surface area contributed by atoms with Gasteiger partial charge in [-0.3, -0.25) is 4.79 Å². The van der Waals surface area contributed by atoms with Crippen LogP contribution >= 0.6 is 23.4 Å². The Kier molecular flexibility index (Phi) is 5.17. The zero-order chi connectivity index (χ0) is 16.9. The van der Waals surface area contributed by atoms with Crippen molar-refractivity contribution in [1.82, 2.24) is 10.2 Å². The number of halogens is 1. The van der Waals surface area contributed by atoms with E-state index < -0.39 is 0 Å². The van der Waals surface area contributed by atoms with E-state index in [4.69, 9.17) is 16.0 Å². The second-order valence-electron chi connectivity index (χ2n) is 5.05. The van der Waals surface area contributed by atoms with E-state index in [9.17, 15) is 4.79 Å². The lowest BCUT2D eigenvalue weighted by atomic mass is 10.2. The van der Waals surface area contributed by atoms with E-state index in [0.29, 0.717) is 27.6 Å². The van der Waals surface area contributed by atoms with Crippen molar-refractivity contribution in [3.05, 3.63) is 59.1 Å². The second-order valence-corrected chi connectivity index (χ2v) is 6.41. The molecule has 1 amide bonds. The molecule has 3 aromatic rings. The molecular weight excluding hydrogens is 346 g/mol. The van der Waals surface area contributed by atoms with Crippen LogP contribution in [0.25, 0.3) is 11.5 Å². The summed E-state index contributed by atoms with van der Waals surface area (Å²) < 4.78 is 5.68. The van der Waals surface area contributed by atoms with Crippen LogP contribution < -0.4 is 5.32 Å². The van der Waals surface area contributed by atoms with Crippen LogP contribution in [0.15, 0.2) is 58.2 Å². The Hall–Kier alpha value is -2.31. The molecule has 1 heterocycles. The van der Waals surface area contributed by atoms with Gasteiger partial charge in [0.1, 0.15) is 0 Å². The van der Waals surface area contributed by atoms with Gasteiger partial charge < -0.3 is 9.73 Å². The fourth-order valence-corrected chi connectivity index (χ4v) is 2.89. The molecule has 1 aromatic heterocycles. The number of benzene rings is 2. The molecule has 0 aliphatic heterocycles. The van der Waals surface area contributed by atoms with Crippen molar-refractivity contribution in [2.75, 3.05) is 5.32 Å². The lowest BCUT2D eigenvalue weighted by Crippen LogP contribution is -2.05. The summed E-state index contributed by atoms with van der Waals surface area (Å²) in [7, 11) is 0. The predicted octanol–water partition coefficient (Wildman–Crippen LogP) is 4.64. The summed E-state index contributed by atoms with van der Waals surface area (Å²) in [6.07, 6.45) is 0. The van der Waals surface area contributed by atoms with E-state index in [0.717, 1.165) is 11.1 Å². The van der Waals surface area contributed by atoms with E-state index >= 15 is 0 Å². The minimum absolute atomic E-state index is 0.128. The summed E-state index contributed by atoms with van der Waals surface area (Å²) in [6, 6.07) is 14.9. The maximum Gasteiger partial charge on any atom is 0.277 e. The summed E-state index contributed by atoms with van der Waals surface area (Å²) in [5.74, 6) is 1.00. The molecule has 2 aromatic carbocycles. The van der Waals surface area contributed by atoms with Gasteiger partial charge >= 0.3 is 0 Å². The number of amides is 1. The van der Waals surface area contributed by atoms with Gasteiger partial charge in [-0.05, 0) is 35.9 Å². The average Bonchev–Trinajstić information content (AvgIpc) is 3.03. The van der Waals surface area contributed by atoms with Gasteiger partial charge in [0.2, 0.25) is 11.8 Å². The zero-order valence-electron chi connectivity index (χ0n) is 12.8. The quantitative estimate of drug-likeness (QED) is 0.672. The van der Waals surface area contributed by atoms with Crippen LogP contribution in [0.4, 0.5) is 5.69 Å². The highest BCUT2D eigenvalue weighted by molar-refractivity contribution is 7.98. The predicted molar refractivity (Wildman–Crippen MR) is 95.1 cm³/mol. The molecule has 0 unspecified atom stereocenters.